The van der Waals surface area contributed by atoms with Crippen LogP contribution in [-0.4, -0.2) is 43.9 Å². The molecule has 1 saturated heterocycles. The lowest BCUT2D eigenvalue weighted by molar-refractivity contribution is -0.914. The lowest BCUT2D eigenvalue weighted by atomic mass is 10.1. The number of quaternary nitrogens is 1. The molecule has 1 heterocycles. The van der Waals surface area contributed by atoms with Gasteiger partial charge in [0.1, 0.15) is 0 Å². The van der Waals surface area contributed by atoms with Crippen molar-refractivity contribution >= 4 is 34.7 Å². The molecule has 5 nitrogen and oxygen atoms in total. The predicted octanol–water partition coefficient (Wildman–Crippen LogP) is 2.27. The molecule has 0 aromatic heterocycles. The molecule has 1 fully saturated rings. The Labute approximate surface area is 164 Å². The predicted molar refractivity (Wildman–Crippen MR) is 109 cm³/mol. The molecule has 6 heteroatoms. The molecule has 2 aromatic rings. The summed E-state index contributed by atoms with van der Waals surface area (Å²) in [7, 11) is 0. The van der Waals surface area contributed by atoms with Gasteiger partial charge in [-0.2, -0.15) is 0 Å². The van der Waals surface area contributed by atoms with Crippen molar-refractivity contribution in [3.63, 3.8) is 0 Å². The molecule has 2 aromatic carbocycles. The van der Waals surface area contributed by atoms with E-state index in [-0.39, 0.29) is 17.7 Å². The summed E-state index contributed by atoms with van der Waals surface area (Å²) in [6.07, 6.45) is 0. The van der Waals surface area contributed by atoms with E-state index < -0.39 is 0 Å². The Kier molecular flexibility index (Phi) is 6.14. The molecular weight excluding hydrogens is 362 g/mol. The monoisotopic (exact) mass is 386 g/mol. The normalized spacial score (nSPS) is 16.0. The van der Waals surface area contributed by atoms with Crippen molar-refractivity contribution in [2.75, 3.05) is 36.4 Å². The van der Waals surface area contributed by atoms with Crippen LogP contribution in [0, 0.1) is 0 Å². The number of hydrogen-bond acceptors (Lipinski definition) is 3. The fraction of sp³-hybridized carbons (Fsp3) is 0.333. The number of ketones is 1. The van der Waals surface area contributed by atoms with Gasteiger partial charge < -0.3 is 15.1 Å². The van der Waals surface area contributed by atoms with E-state index in [0.29, 0.717) is 11.3 Å². The largest absolute Gasteiger partial charge is 0.359 e. The van der Waals surface area contributed by atoms with Crippen molar-refractivity contribution in [1.29, 1.82) is 0 Å². The maximum Gasteiger partial charge on any atom is 0.282 e. The molecule has 2 N–H and O–H groups in total. The number of halogens is 1. The molecule has 0 bridgehead atoms. The number of amides is 1. The molecule has 0 unspecified atom stereocenters. The van der Waals surface area contributed by atoms with Gasteiger partial charge in [0.15, 0.2) is 11.8 Å². The highest BCUT2D eigenvalue weighted by molar-refractivity contribution is 6.33. The average Bonchev–Trinajstić information content (AvgIpc) is 2.68. The molecule has 1 aliphatic heterocycles. The van der Waals surface area contributed by atoms with Crippen molar-refractivity contribution in [2.24, 2.45) is 0 Å². The van der Waals surface area contributed by atoms with Gasteiger partial charge in [0.2, 0.25) is 0 Å². The highest BCUT2D eigenvalue weighted by Gasteiger charge is 2.29. The van der Waals surface area contributed by atoms with Gasteiger partial charge in [0.05, 0.1) is 36.9 Å². The number of hydrogen-bond donors (Lipinski definition) is 2. The average molecular weight is 387 g/mol. The first-order valence-electron chi connectivity index (χ1n) is 9.21. The van der Waals surface area contributed by atoms with Crippen molar-refractivity contribution < 1.29 is 14.5 Å². The molecule has 0 aliphatic carbocycles. The first-order chi connectivity index (χ1) is 13.0. The molecule has 1 amide bonds. The highest BCUT2D eigenvalue weighted by atomic mass is 35.5. The summed E-state index contributed by atoms with van der Waals surface area (Å²) < 4.78 is 0. The first-order valence-corrected chi connectivity index (χ1v) is 9.59. The molecule has 1 atom stereocenters. The summed E-state index contributed by atoms with van der Waals surface area (Å²) in [6.45, 7) is 6.97. The SMILES string of the molecule is CC(=O)c1ccc(NC(=O)[C@@H](C)[NH+]2CCN(c3ccccc3Cl)CC2)cc1. The summed E-state index contributed by atoms with van der Waals surface area (Å²) in [6, 6.07) is 14.7. The summed E-state index contributed by atoms with van der Waals surface area (Å²) in [5, 5.41) is 3.72. The third-order valence-electron chi connectivity index (χ3n) is 5.16. The van der Waals surface area contributed by atoms with Crippen LogP contribution in [0.4, 0.5) is 11.4 Å². The van der Waals surface area contributed by atoms with E-state index in [9.17, 15) is 9.59 Å². The number of para-hydroxylation sites is 1. The Morgan fingerprint density at radius 2 is 1.70 bits per heavy atom. The van der Waals surface area contributed by atoms with Crippen LogP contribution in [-0.2, 0) is 4.79 Å². The number of piperazine rings is 1. The van der Waals surface area contributed by atoms with E-state index in [1.807, 2.05) is 31.2 Å². The van der Waals surface area contributed by atoms with E-state index in [1.54, 1.807) is 24.3 Å². The Balaban J connectivity index is 1.55. The number of rotatable bonds is 5. The number of carbonyl (C=O) groups excluding carboxylic acids is 2. The molecule has 27 heavy (non-hydrogen) atoms. The van der Waals surface area contributed by atoms with E-state index in [0.717, 1.165) is 36.9 Å². The van der Waals surface area contributed by atoms with Crippen molar-refractivity contribution in [3.8, 4) is 0 Å². The van der Waals surface area contributed by atoms with E-state index >= 15 is 0 Å². The number of carbonyl (C=O) groups is 2. The summed E-state index contributed by atoms with van der Waals surface area (Å²) in [5.74, 6) is 0.00819. The fourth-order valence-electron chi connectivity index (χ4n) is 3.40. The van der Waals surface area contributed by atoms with Gasteiger partial charge in [-0.3, -0.25) is 9.59 Å². The van der Waals surface area contributed by atoms with Gasteiger partial charge in [-0.15, -0.1) is 0 Å². The van der Waals surface area contributed by atoms with Crippen LogP contribution in [0.2, 0.25) is 5.02 Å². The van der Waals surface area contributed by atoms with E-state index in [4.69, 9.17) is 11.6 Å². The Bertz CT molecular complexity index is 814. The lowest BCUT2D eigenvalue weighted by Crippen LogP contribution is -3.19. The molecule has 1 aliphatic rings. The Morgan fingerprint density at radius 1 is 1.07 bits per heavy atom. The number of nitrogens with zero attached hydrogens (tertiary/aromatic N) is 1. The van der Waals surface area contributed by atoms with Crippen LogP contribution < -0.4 is 15.1 Å². The second-order valence-corrected chi connectivity index (χ2v) is 7.35. The van der Waals surface area contributed by atoms with Crippen LogP contribution in [0.5, 0.6) is 0 Å². The van der Waals surface area contributed by atoms with Crippen molar-refractivity contribution in [1.82, 2.24) is 0 Å². The fourth-order valence-corrected chi connectivity index (χ4v) is 3.66. The molecule has 0 spiro atoms. The summed E-state index contributed by atoms with van der Waals surface area (Å²) in [5.41, 5.74) is 2.41. The number of anilines is 2. The number of nitrogens with one attached hydrogen (secondary N) is 2. The third-order valence-corrected chi connectivity index (χ3v) is 5.48. The zero-order valence-corrected chi connectivity index (χ0v) is 16.4. The van der Waals surface area contributed by atoms with Gasteiger partial charge in [0, 0.05) is 11.3 Å². The van der Waals surface area contributed by atoms with Crippen LogP contribution in [0.15, 0.2) is 48.5 Å². The minimum Gasteiger partial charge on any atom is -0.359 e. The van der Waals surface area contributed by atoms with Gasteiger partial charge in [-0.05, 0) is 50.2 Å². The minimum absolute atomic E-state index is 0.00762. The zero-order valence-electron chi connectivity index (χ0n) is 15.7. The molecule has 142 valence electrons. The van der Waals surface area contributed by atoms with Crippen LogP contribution in [0.1, 0.15) is 24.2 Å². The Hall–Kier alpha value is -2.37. The highest BCUT2D eigenvalue weighted by Crippen LogP contribution is 2.24. The maximum atomic E-state index is 12.6. The summed E-state index contributed by atoms with van der Waals surface area (Å²) in [4.78, 5) is 27.5. The second-order valence-electron chi connectivity index (χ2n) is 6.94. The van der Waals surface area contributed by atoms with Gasteiger partial charge in [0.25, 0.3) is 5.91 Å². The third kappa shape index (κ3) is 4.67. The maximum absolute atomic E-state index is 12.6. The molecule has 3 rings (SSSR count). The molecule has 0 saturated carbocycles. The van der Waals surface area contributed by atoms with Crippen LogP contribution in [0.25, 0.3) is 0 Å². The van der Waals surface area contributed by atoms with Crippen LogP contribution in [0.3, 0.4) is 0 Å². The quantitative estimate of drug-likeness (QED) is 0.775. The van der Waals surface area contributed by atoms with E-state index in [1.165, 1.54) is 11.8 Å². The second kappa shape index (κ2) is 8.55. The van der Waals surface area contributed by atoms with E-state index in [2.05, 4.69) is 10.2 Å². The Morgan fingerprint density at radius 3 is 2.30 bits per heavy atom. The minimum atomic E-state index is -0.147. The molecular formula is C21H25ClN3O2+. The smallest absolute Gasteiger partial charge is 0.282 e. The molecule has 0 radical (unpaired) electrons. The van der Waals surface area contributed by atoms with Crippen LogP contribution >= 0.6 is 11.6 Å². The summed E-state index contributed by atoms with van der Waals surface area (Å²) >= 11 is 6.29. The topological polar surface area (TPSA) is 53.9 Å². The van der Waals surface area contributed by atoms with Crippen molar-refractivity contribution in [3.05, 3.63) is 59.1 Å². The van der Waals surface area contributed by atoms with Gasteiger partial charge in [-0.1, -0.05) is 23.7 Å². The number of Topliss-reactive ketones (excluding diaryl/α,β-unsaturated/α-hetero) is 1. The first kappa shape index (κ1) is 19.4. The number of benzene rings is 2. The van der Waals surface area contributed by atoms with Gasteiger partial charge >= 0.3 is 0 Å². The van der Waals surface area contributed by atoms with Crippen molar-refractivity contribution in [2.45, 2.75) is 19.9 Å². The van der Waals surface area contributed by atoms with Gasteiger partial charge in [-0.25, -0.2) is 0 Å². The lowest BCUT2D eigenvalue weighted by Gasteiger charge is -2.36. The standard InChI is InChI=1S/C21H24ClN3O2/c1-15(21(27)23-18-9-7-17(8-10-18)16(2)26)24-11-13-25(14-12-24)20-6-4-3-5-19(20)22/h3-10,15H,11-14H2,1-2H3,(H,23,27)/p+1/t15-/m1/s1. The zero-order chi connectivity index (χ0) is 19.4.